The van der Waals surface area contributed by atoms with Crippen LogP contribution >= 0.6 is 0 Å². The summed E-state index contributed by atoms with van der Waals surface area (Å²) < 4.78 is 0. The zero-order chi connectivity index (χ0) is 44.4. The fourth-order valence-corrected chi connectivity index (χ4v) is 7.44. The molecule has 0 aromatic rings. The third-order valence-corrected chi connectivity index (χ3v) is 11.3. The highest BCUT2D eigenvalue weighted by Gasteiger charge is 2.45. The Balaban J connectivity index is 5.46. The molecule has 0 saturated carbocycles. The van der Waals surface area contributed by atoms with E-state index in [2.05, 4.69) is 54.0 Å². The Morgan fingerprint density at radius 1 is 0.400 bits per heavy atom. The van der Waals surface area contributed by atoms with Crippen LogP contribution in [-0.2, 0) is 28.8 Å². The molecule has 0 saturated heterocycles. The Morgan fingerprint density at radius 2 is 0.733 bits per heavy atom. The average molecular weight is 846 g/mol. The van der Waals surface area contributed by atoms with Crippen molar-refractivity contribution in [3.8, 4) is 0 Å². The Labute approximate surface area is 366 Å². The zero-order valence-electron chi connectivity index (χ0n) is 39.1. The molecule has 0 spiro atoms. The van der Waals surface area contributed by atoms with Gasteiger partial charge >= 0.3 is 0 Å². The third-order valence-electron chi connectivity index (χ3n) is 11.3. The van der Waals surface area contributed by atoms with Crippen molar-refractivity contribution in [1.82, 2.24) is 21.3 Å². The molecule has 4 N–H and O–H groups in total. The molecule has 348 valence electrons. The molecule has 0 aromatic heterocycles. The first kappa shape index (κ1) is 57.1. The number of rotatable bonds is 44. The number of hydrogen-bond donors (Lipinski definition) is 4. The molecule has 0 aliphatic rings. The number of Topliss-reactive ketones (excluding diaryl/α,β-unsaturated/α-hetero) is 2. The van der Waals surface area contributed by atoms with Gasteiger partial charge in [-0.3, -0.25) is 34.1 Å². The van der Waals surface area contributed by atoms with Crippen LogP contribution in [0.5, 0.6) is 0 Å². The van der Waals surface area contributed by atoms with Crippen molar-refractivity contribution in [3.63, 3.8) is 0 Å². The first-order valence-electron chi connectivity index (χ1n) is 24.8. The van der Waals surface area contributed by atoms with Gasteiger partial charge in [0, 0.05) is 25.8 Å². The monoisotopic (exact) mass is 846 g/mol. The van der Waals surface area contributed by atoms with Gasteiger partial charge in [0.05, 0.1) is 12.8 Å². The molecule has 0 heterocycles. The minimum Gasteiger partial charge on any atom is -0.356 e. The summed E-state index contributed by atoms with van der Waals surface area (Å²) >= 11 is 0. The van der Waals surface area contributed by atoms with Crippen LogP contribution in [0.1, 0.15) is 240 Å². The van der Waals surface area contributed by atoms with Crippen molar-refractivity contribution in [2.24, 2.45) is 4.99 Å². The van der Waals surface area contributed by atoms with Gasteiger partial charge in [0.25, 0.3) is 5.91 Å². The lowest BCUT2D eigenvalue weighted by Gasteiger charge is -2.32. The molecular formula is C49H91N5O6. The number of unbranched alkanes of at least 4 members (excludes halogenated alkanes) is 24. The van der Waals surface area contributed by atoms with Crippen molar-refractivity contribution in [3.05, 3.63) is 0 Å². The maximum atomic E-state index is 14.2. The Hall–Kier alpha value is -2.95. The lowest BCUT2D eigenvalue weighted by Crippen LogP contribution is -2.60. The van der Waals surface area contributed by atoms with E-state index in [1.165, 1.54) is 64.2 Å². The second-order valence-electron chi connectivity index (χ2n) is 17.0. The van der Waals surface area contributed by atoms with Crippen LogP contribution in [0.2, 0.25) is 0 Å². The maximum absolute atomic E-state index is 14.2. The normalized spacial score (nSPS) is 11.5. The SMILES string of the molecule is CCCCCCCCNC(=O)CC(=O)N=CCCCCCCC(NCCCCCCCC)(C(=O)CC(=O)NCCCCCCCC)C(=O)CC(=O)NCCCCCCCC. The van der Waals surface area contributed by atoms with Crippen LogP contribution in [0, 0.1) is 0 Å². The van der Waals surface area contributed by atoms with Gasteiger partial charge in [-0.2, -0.15) is 0 Å². The first-order valence-corrected chi connectivity index (χ1v) is 24.8. The number of carbonyl (C=O) groups excluding carboxylic acids is 6. The quantitative estimate of drug-likeness (QED) is 0.0269. The molecule has 0 radical (unpaired) electrons. The molecule has 0 unspecified atom stereocenters. The van der Waals surface area contributed by atoms with Gasteiger partial charge in [0.2, 0.25) is 17.7 Å². The van der Waals surface area contributed by atoms with E-state index in [9.17, 15) is 28.8 Å². The van der Waals surface area contributed by atoms with Crippen LogP contribution in [-0.4, -0.2) is 73.1 Å². The van der Waals surface area contributed by atoms with Crippen molar-refractivity contribution < 1.29 is 28.8 Å². The van der Waals surface area contributed by atoms with Crippen LogP contribution in [0.25, 0.3) is 0 Å². The van der Waals surface area contributed by atoms with Gasteiger partial charge in [-0.1, -0.05) is 175 Å². The van der Waals surface area contributed by atoms with E-state index >= 15 is 0 Å². The van der Waals surface area contributed by atoms with Gasteiger partial charge in [0.15, 0.2) is 11.6 Å². The summed E-state index contributed by atoms with van der Waals surface area (Å²) in [6.07, 6.45) is 30.2. The van der Waals surface area contributed by atoms with E-state index in [4.69, 9.17) is 0 Å². The van der Waals surface area contributed by atoms with E-state index in [0.717, 1.165) is 109 Å². The highest BCUT2D eigenvalue weighted by atomic mass is 16.2. The summed E-state index contributed by atoms with van der Waals surface area (Å²) in [5, 5.41) is 12.0. The van der Waals surface area contributed by atoms with Gasteiger partial charge in [-0.25, -0.2) is 4.99 Å². The third kappa shape index (κ3) is 32.8. The molecule has 0 rings (SSSR count). The van der Waals surface area contributed by atoms with E-state index in [0.29, 0.717) is 39.0 Å². The van der Waals surface area contributed by atoms with Gasteiger partial charge in [-0.15, -0.1) is 0 Å². The zero-order valence-corrected chi connectivity index (χ0v) is 39.1. The number of hydrogen-bond acceptors (Lipinski definition) is 7. The number of ketones is 2. The Kier molecular flexibility index (Phi) is 39.4. The fraction of sp³-hybridized carbons (Fsp3) is 0.857. The summed E-state index contributed by atoms with van der Waals surface area (Å²) in [4.78, 5) is 82.9. The molecular weight excluding hydrogens is 755 g/mol. The molecule has 0 bridgehead atoms. The van der Waals surface area contributed by atoms with Crippen molar-refractivity contribution in [1.29, 1.82) is 0 Å². The number of nitrogens with one attached hydrogen (secondary N) is 4. The minimum absolute atomic E-state index is 0.205. The summed E-state index contributed by atoms with van der Waals surface area (Å²) in [6, 6.07) is 0. The summed E-state index contributed by atoms with van der Waals surface area (Å²) in [5.41, 5.74) is -1.62. The summed E-state index contributed by atoms with van der Waals surface area (Å²) in [7, 11) is 0. The lowest BCUT2D eigenvalue weighted by atomic mass is 9.80. The van der Waals surface area contributed by atoms with Crippen LogP contribution in [0.4, 0.5) is 0 Å². The molecule has 0 aromatic carbocycles. The molecule has 11 nitrogen and oxygen atoms in total. The predicted octanol–water partition coefficient (Wildman–Crippen LogP) is 10.4. The van der Waals surface area contributed by atoms with Crippen molar-refractivity contribution >= 4 is 41.4 Å². The number of amides is 4. The molecule has 0 atom stereocenters. The van der Waals surface area contributed by atoms with E-state index in [1.54, 1.807) is 6.21 Å². The maximum Gasteiger partial charge on any atom is 0.254 e. The van der Waals surface area contributed by atoms with Crippen LogP contribution in [0.15, 0.2) is 4.99 Å². The summed E-state index contributed by atoms with van der Waals surface area (Å²) in [6.45, 7) is 10.7. The van der Waals surface area contributed by atoms with Crippen LogP contribution < -0.4 is 21.3 Å². The largest absolute Gasteiger partial charge is 0.356 e. The number of carbonyl (C=O) groups is 6. The smallest absolute Gasteiger partial charge is 0.254 e. The standard InChI is InChI=1S/C49H91N5O6/c1-5-9-13-17-23-29-35-50-45(57)40-43(55)49(54-39-33-27-20-16-12-8-4,44(56)41-46(58)51-36-30-24-18-14-10-6-2)34-28-22-21-26-32-38-53-48(60)42-47(59)52-37-31-25-19-15-11-7-3/h38,54H,5-37,39-42H2,1-4H3,(H,50,57)(H,51,58)(H,52,59). The minimum atomic E-state index is -1.62. The highest BCUT2D eigenvalue weighted by Crippen LogP contribution is 2.23. The van der Waals surface area contributed by atoms with Crippen LogP contribution in [0.3, 0.4) is 0 Å². The molecule has 11 heteroatoms. The van der Waals surface area contributed by atoms with Crippen molar-refractivity contribution in [2.75, 3.05) is 26.2 Å². The predicted molar refractivity (Wildman–Crippen MR) is 248 cm³/mol. The van der Waals surface area contributed by atoms with Gasteiger partial charge in [-0.05, 0) is 51.5 Å². The highest BCUT2D eigenvalue weighted by molar-refractivity contribution is 6.19. The number of aliphatic imine (C=N–C) groups is 1. The van der Waals surface area contributed by atoms with Crippen molar-refractivity contribution in [2.45, 2.75) is 245 Å². The lowest BCUT2D eigenvalue weighted by molar-refractivity contribution is -0.140. The molecule has 0 aliphatic heterocycles. The molecule has 0 fully saturated rings. The Bertz CT molecular complexity index is 1120. The second kappa shape index (κ2) is 41.4. The average Bonchev–Trinajstić information content (AvgIpc) is 3.22. The summed E-state index contributed by atoms with van der Waals surface area (Å²) in [5.74, 6) is -2.46. The van der Waals surface area contributed by atoms with E-state index < -0.39 is 35.9 Å². The van der Waals surface area contributed by atoms with Gasteiger partial charge < -0.3 is 16.0 Å². The van der Waals surface area contributed by atoms with E-state index in [1.807, 2.05) is 0 Å². The fourth-order valence-electron chi connectivity index (χ4n) is 7.44. The Morgan fingerprint density at radius 3 is 1.15 bits per heavy atom. The molecule has 4 amide bonds. The van der Waals surface area contributed by atoms with E-state index in [-0.39, 0.29) is 30.6 Å². The number of nitrogens with zero attached hydrogens (tertiary/aromatic N) is 1. The first-order chi connectivity index (χ1) is 29.2. The second-order valence-corrected chi connectivity index (χ2v) is 17.0. The topological polar surface area (TPSA) is 163 Å². The van der Waals surface area contributed by atoms with Gasteiger partial charge in [0.1, 0.15) is 12.0 Å². The molecule has 0 aliphatic carbocycles. The molecule has 60 heavy (non-hydrogen) atoms.